The molecule has 14 heteroatoms. The number of hydrogen-bond donors (Lipinski definition) is 8. The number of hydrogen-bond acceptors (Lipinski definition) is 8. The molecule has 0 aromatic carbocycles. The van der Waals surface area contributed by atoms with Crippen LogP contribution in [0.5, 0.6) is 0 Å². The molecular weight excluding hydrogens is 456 g/mol. The molecule has 0 aliphatic rings. The molecule has 1 heterocycles. The number of aromatic nitrogens is 2. The third-order valence-corrected chi connectivity index (χ3v) is 4.85. The van der Waals surface area contributed by atoms with Gasteiger partial charge in [-0.05, 0) is 12.3 Å². The molecule has 3 amide bonds. The Labute approximate surface area is 195 Å². The highest BCUT2D eigenvalue weighted by Gasteiger charge is 2.31. The van der Waals surface area contributed by atoms with Gasteiger partial charge >= 0.3 is 11.9 Å². The lowest BCUT2D eigenvalue weighted by Crippen LogP contribution is -2.58. The van der Waals surface area contributed by atoms with E-state index in [1.807, 2.05) is 13.8 Å². The maximum Gasteiger partial charge on any atom is 0.326 e. The summed E-state index contributed by atoms with van der Waals surface area (Å²) in [6.07, 6.45) is 2.20. The lowest BCUT2D eigenvalue weighted by atomic mass is 10.0. The molecule has 1 aromatic rings. The van der Waals surface area contributed by atoms with Gasteiger partial charge in [-0.15, -0.1) is 0 Å². The fourth-order valence-corrected chi connectivity index (χ4v) is 3.09. The second-order valence-electron chi connectivity index (χ2n) is 7.82. The average molecular weight is 487 g/mol. The zero-order valence-corrected chi connectivity index (χ0v) is 19.2. The van der Waals surface area contributed by atoms with Crippen molar-refractivity contribution < 1.29 is 34.2 Å². The number of H-pyrrole nitrogens is 1. The number of aliphatic carboxylic acids is 2. The smallest absolute Gasteiger partial charge is 0.326 e. The summed E-state index contributed by atoms with van der Waals surface area (Å²) >= 11 is 4.08. The van der Waals surface area contributed by atoms with Crippen molar-refractivity contribution in [2.24, 2.45) is 11.7 Å². The van der Waals surface area contributed by atoms with Gasteiger partial charge in [0.05, 0.1) is 18.8 Å². The summed E-state index contributed by atoms with van der Waals surface area (Å²) in [5.41, 5.74) is 6.29. The second kappa shape index (κ2) is 13.4. The number of carbonyl (C=O) groups is 5. The van der Waals surface area contributed by atoms with Crippen LogP contribution in [0.25, 0.3) is 0 Å². The van der Waals surface area contributed by atoms with Crippen LogP contribution in [-0.4, -0.2) is 79.8 Å². The van der Waals surface area contributed by atoms with E-state index in [1.165, 1.54) is 12.5 Å². The monoisotopic (exact) mass is 486 g/mol. The van der Waals surface area contributed by atoms with Gasteiger partial charge in [0, 0.05) is 24.1 Å². The zero-order valence-electron chi connectivity index (χ0n) is 18.3. The molecule has 0 spiro atoms. The highest BCUT2D eigenvalue weighted by atomic mass is 32.1. The zero-order chi connectivity index (χ0) is 25.1. The van der Waals surface area contributed by atoms with Gasteiger partial charge < -0.3 is 36.9 Å². The van der Waals surface area contributed by atoms with E-state index in [0.29, 0.717) is 12.1 Å². The summed E-state index contributed by atoms with van der Waals surface area (Å²) in [6, 6.07) is -4.95. The van der Waals surface area contributed by atoms with Crippen molar-refractivity contribution in [2.75, 3.05) is 5.75 Å². The van der Waals surface area contributed by atoms with Gasteiger partial charge in [-0.2, -0.15) is 12.6 Å². The van der Waals surface area contributed by atoms with Crippen molar-refractivity contribution in [3.63, 3.8) is 0 Å². The molecule has 0 aliphatic heterocycles. The third-order valence-electron chi connectivity index (χ3n) is 4.48. The summed E-state index contributed by atoms with van der Waals surface area (Å²) in [7, 11) is 0. The lowest BCUT2D eigenvalue weighted by molar-refractivity contribution is -0.147. The number of carboxylic acids is 2. The van der Waals surface area contributed by atoms with Gasteiger partial charge in [0.1, 0.15) is 18.1 Å². The largest absolute Gasteiger partial charge is 0.481 e. The highest BCUT2D eigenvalue weighted by Crippen LogP contribution is 2.05. The Bertz CT molecular complexity index is 833. The Hall–Kier alpha value is -3.13. The number of nitrogens with zero attached hydrogens (tertiary/aromatic N) is 1. The van der Waals surface area contributed by atoms with Crippen molar-refractivity contribution in [2.45, 2.75) is 57.3 Å². The summed E-state index contributed by atoms with van der Waals surface area (Å²) in [6.45, 7) is 3.78. The van der Waals surface area contributed by atoms with Crippen LogP contribution in [0.2, 0.25) is 0 Å². The van der Waals surface area contributed by atoms with E-state index < -0.39 is 60.2 Å². The Balaban J connectivity index is 2.95. The second-order valence-corrected chi connectivity index (χ2v) is 8.18. The summed E-state index contributed by atoms with van der Waals surface area (Å²) < 4.78 is 0. The number of thiol groups is 1. The first-order chi connectivity index (χ1) is 15.4. The Morgan fingerprint density at radius 1 is 1.03 bits per heavy atom. The topological polar surface area (TPSA) is 217 Å². The first kappa shape index (κ1) is 27.9. The Morgan fingerprint density at radius 2 is 1.61 bits per heavy atom. The van der Waals surface area contributed by atoms with E-state index >= 15 is 0 Å². The lowest BCUT2D eigenvalue weighted by Gasteiger charge is -2.24. The minimum atomic E-state index is -1.70. The number of carbonyl (C=O) groups excluding carboxylic acids is 3. The standard InChI is InChI=1S/C19H30N6O7S/c1-9(2)3-11(20)16(28)25-14(7-33)18(30)23-12(4-10-6-21-8-22-10)17(29)24-13(19(31)32)5-15(26)27/h6,8-9,11-14,33H,3-5,7,20H2,1-2H3,(H,21,22)(H,23,30)(H,24,29)(H,25,28)(H,26,27)(H,31,32). The van der Waals surface area contributed by atoms with Crippen LogP contribution in [-0.2, 0) is 30.4 Å². The van der Waals surface area contributed by atoms with Crippen molar-refractivity contribution in [1.82, 2.24) is 25.9 Å². The molecular formula is C19H30N6O7S. The maximum atomic E-state index is 12.8. The van der Waals surface area contributed by atoms with Crippen LogP contribution in [0.15, 0.2) is 12.5 Å². The van der Waals surface area contributed by atoms with Gasteiger partial charge in [-0.1, -0.05) is 13.8 Å². The first-order valence-corrected chi connectivity index (χ1v) is 10.8. The Kier molecular flexibility index (Phi) is 11.4. The van der Waals surface area contributed by atoms with Crippen molar-refractivity contribution >= 4 is 42.3 Å². The van der Waals surface area contributed by atoms with Crippen LogP contribution < -0.4 is 21.7 Å². The first-order valence-electron chi connectivity index (χ1n) is 10.1. The quantitative estimate of drug-likeness (QED) is 0.140. The molecule has 33 heavy (non-hydrogen) atoms. The molecule has 4 atom stereocenters. The van der Waals surface area contributed by atoms with Crippen LogP contribution in [0, 0.1) is 5.92 Å². The van der Waals surface area contributed by atoms with E-state index in [4.69, 9.17) is 10.8 Å². The minimum Gasteiger partial charge on any atom is -0.481 e. The van der Waals surface area contributed by atoms with E-state index in [-0.39, 0.29) is 18.1 Å². The van der Waals surface area contributed by atoms with Crippen molar-refractivity contribution in [3.05, 3.63) is 18.2 Å². The molecule has 184 valence electrons. The number of carboxylic acid groups (broad SMARTS) is 2. The predicted octanol–water partition coefficient (Wildman–Crippen LogP) is -1.73. The van der Waals surface area contributed by atoms with E-state index in [1.54, 1.807) is 0 Å². The molecule has 8 N–H and O–H groups in total. The molecule has 0 saturated heterocycles. The molecule has 0 radical (unpaired) electrons. The highest BCUT2D eigenvalue weighted by molar-refractivity contribution is 7.80. The predicted molar refractivity (Wildman–Crippen MR) is 119 cm³/mol. The minimum absolute atomic E-state index is 0.0961. The molecule has 1 rings (SSSR count). The number of rotatable bonds is 14. The van der Waals surface area contributed by atoms with E-state index in [9.17, 15) is 29.1 Å². The van der Waals surface area contributed by atoms with E-state index in [2.05, 4.69) is 38.5 Å². The molecule has 13 nitrogen and oxygen atoms in total. The number of amides is 3. The third kappa shape index (κ3) is 9.91. The maximum absolute atomic E-state index is 12.8. The Morgan fingerprint density at radius 3 is 2.09 bits per heavy atom. The number of nitrogens with one attached hydrogen (secondary N) is 4. The molecule has 0 saturated carbocycles. The van der Waals surface area contributed by atoms with Crippen molar-refractivity contribution in [3.8, 4) is 0 Å². The molecule has 4 unspecified atom stereocenters. The molecule has 1 aromatic heterocycles. The van der Waals surface area contributed by atoms with Gasteiger partial charge in [-0.25, -0.2) is 9.78 Å². The fraction of sp³-hybridized carbons (Fsp3) is 0.579. The molecule has 0 aliphatic carbocycles. The van der Waals surface area contributed by atoms with Crippen LogP contribution in [0.4, 0.5) is 0 Å². The summed E-state index contributed by atoms with van der Waals surface area (Å²) in [4.78, 5) is 66.5. The van der Waals surface area contributed by atoms with Gasteiger partial charge in [0.2, 0.25) is 17.7 Å². The number of imidazole rings is 1. The van der Waals surface area contributed by atoms with Crippen LogP contribution in [0.1, 0.15) is 32.4 Å². The van der Waals surface area contributed by atoms with E-state index in [0.717, 1.165) is 0 Å². The van der Waals surface area contributed by atoms with Crippen LogP contribution >= 0.6 is 12.6 Å². The average Bonchev–Trinajstić information content (AvgIpc) is 3.22. The van der Waals surface area contributed by atoms with Gasteiger partial charge in [-0.3, -0.25) is 19.2 Å². The SMILES string of the molecule is CC(C)CC(N)C(=O)NC(CS)C(=O)NC(Cc1cnc[nH]1)C(=O)NC(CC(=O)O)C(=O)O. The van der Waals surface area contributed by atoms with Crippen LogP contribution in [0.3, 0.4) is 0 Å². The number of aromatic amines is 1. The summed E-state index contributed by atoms with van der Waals surface area (Å²) in [5, 5.41) is 25.1. The van der Waals surface area contributed by atoms with Crippen molar-refractivity contribution in [1.29, 1.82) is 0 Å². The molecule has 0 bridgehead atoms. The molecule has 0 fully saturated rings. The fourth-order valence-electron chi connectivity index (χ4n) is 2.83. The normalized spacial score (nSPS) is 14.6. The number of nitrogens with two attached hydrogens (primary N) is 1. The van der Waals surface area contributed by atoms with Gasteiger partial charge in [0.25, 0.3) is 0 Å². The van der Waals surface area contributed by atoms with Gasteiger partial charge in [0.15, 0.2) is 0 Å². The summed E-state index contributed by atoms with van der Waals surface area (Å²) in [5.74, 6) is -5.14.